The fourth-order valence-corrected chi connectivity index (χ4v) is 2.81. The Morgan fingerprint density at radius 1 is 1.11 bits per heavy atom. The van der Waals surface area contributed by atoms with Crippen molar-refractivity contribution in [3.8, 4) is 11.5 Å². The summed E-state index contributed by atoms with van der Waals surface area (Å²) < 4.78 is 10.5. The van der Waals surface area contributed by atoms with Gasteiger partial charge in [0.2, 0.25) is 5.91 Å². The Labute approximate surface area is 156 Å². The molecule has 1 N–H and O–H groups in total. The van der Waals surface area contributed by atoms with Crippen LogP contribution < -0.4 is 19.9 Å². The van der Waals surface area contributed by atoms with Crippen LogP contribution in [0.3, 0.4) is 0 Å². The van der Waals surface area contributed by atoms with E-state index < -0.39 is 0 Å². The summed E-state index contributed by atoms with van der Waals surface area (Å²) >= 11 is 0. The standard InChI is InChI=1S/C20H21N3O4/c1-23(13-8-10-17(26-2)18(12-13)27-3)19(24)11-9-16-20(25)22-15-7-5-4-6-14(15)21-16/h4-8,10,12H,9,11H2,1-3H3,(H,22,25). The largest absolute Gasteiger partial charge is 0.493 e. The Bertz CT molecular complexity index is 1030. The van der Waals surface area contributed by atoms with Crippen molar-refractivity contribution < 1.29 is 14.3 Å². The third kappa shape index (κ3) is 3.92. The number of nitrogens with zero attached hydrogens (tertiary/aromatic N) is 2. The van der Waals surface area contributed by atoms with Gasteiger partial charge in [-0.25, -0.2) is 4.98 Å². The molecule has 140 valence electrons. The lowest BCUT2D eigenvalue weighted by atomic mass is 10.2. The van der Waals surface area contributed by atoms with E-state index in [0.29, 0.717) is 33.9 Å². The van der Waals surface area contributed by atoms with Crippen molar-refractivity contribution in [3.63, 3.8) is 0 Å². The zero-order valence-electron chi connectivity index (χ0n) is 15.5. The summed E-state index contributed by atoms with van der Waals surface area (Å²) in [5.74, 6) is 1.01. The average molecular weight is 367 g/mol. The Hall–Kier alpha value is -3.35. The van der Waals surface area contributed by atoms with Crippen LogP contribution in [0.2, 0.25) is 0 Å². The number of methoxy groups -OCH3 is 2. The first-order chi connectivity index (χ1) is 13.0. The maximum absolute atomic E-state index is 12.6. The Morgan fingerprint density at radius 2 is 1.85 bits per heavy atom. The van der Waals surface area contributed by atoms with Crippen molar-refractivity contribution in [3.05, 3.63) is 58.5 Å². The van der Waals surface area contributed by atoms with Crippen molar-refractivity contribution in [1.82, 2.24) is 9.97 Å². The van der Waals surface area contributed by atoms with Crippen LogP contribution >= 0.6 is 0 Å². The number of hydrogen-bond donors (Lipinski definition) is 1. The molecule has 3 rings (SSSR count). The molecular formula is C20H21N3O4. The summed E-state index contributed by atoms with van der Waals surface area (Å²) in [5, 5.41) is 0. The molecule has 2 aromatic carbocycles. The fourth-order valence-electron chi connectivity index (χ4n) is 2.81. The maximum Gasteiger partial charge on any atom is 0.270 e. The Morgan fingerprint density at radius 3 is 2.59 bits per heavy atom. The molecule has 0 aliphatic rings. The number of aryl methyl sites for hydroxylation is 1. The number of rotatable bonds is 6. The molecule has 7 heteroatoms. The van der Waals surface area contributed by atoms with Gasteiger partial charge in [-0.15, -0.1) is 0 Å². The van der Waals surface area contributed by atoms with E-state index in [-0.39, 0.29) is 24.3 Å². The highest BCUT2D eigenvalue weighted by atomic mass is 16.5. The first kappa shape index (κ1) is 18.4. The second kappa shape index (κ2) is 7.90. The number of carbonyl (C=O) groups is 1. The van der Waals surface area contributed by atoms with E-state index in [9.17, 15) is 9.59 Å². The minimum absolute atomic E-state index is 0.128. The predicted octanol–water partition coefficient (Wildman–Crippen LogP) is 2.54. The number of amides is 1. The highest BCUT2D eigenvalue weighted by Gasteiger charge is 2.15. The molecule has 0 saturated heterocycles. The second-order valence-electron chi connectivity index (χ2n) is 6.02. The van der Waals surface area contributed by atoms with Crippen LogP contribution in [0.4, 0.5) is 5.69 Å². The van der Waals surface area contributed by atoms with Gasteiger partial charge in [-0.05, 0) is 24.3 Å². The number of hydrogen-bond acceptors (Lipinski definition) is 5. The number of anilines is 1. The molecule has 0 unspecified atom stereocenters. The number of ether oxygens (including phenoxy) is 2. The third-order valence-electron chi connectivity index (χ3n) is 4.37. The van der Waals surface area contributed by atoms with E-state index in [1.54, 1.807) is 45.5 Å². The van der Waals surface area contributed by atoms with E-state index in [4.69, 9.17) is 9.47 Å². The number of fused-ring (bicyclic) bond motifs is 1. The van der Waals surface area contributed by atoms with E-state index in [1.807, 2.05) is 18.2 Å². The van der Waals surface area contributed by atoms with E-state index in [2.05, 4.69) is 9.97 Å². The Kier molecular flexibility index (Phi) is 5.40. The molecule has 0 radical (unpaired) electrons. The van der Waals surface area contributed by atoms with E-state index in [1.165, 1.54) is 4.90 Å². The smallest absolute Gasteiger partial charge is 0.270 e. The molecule has 3 aromatic rings. The van der Waals surface area contributed by atoms with Crippen LogP contribution in [-0.4, -0.2) is 37.1 Å². The zero-order valence-corrected chi connectivity index (χ0v) is 15.5. The number of benzene rings is 2. The van der Waals surface area contributed by atoms with Crippen molar-refractivity contribution >= 4 is 22.6 Å². The molecule has 0 saturated carbocycles. The van der Waals surface area contributed by atoms with Crippen molar-refractivity contribution in [2.75, 3.05) is 26.2 Å². The van der Waals surface area contributed by atoms with Gasteiger partial charge in [0.05, 0.1) is 25.3 Å². The third-order valence-corrected chi connectivity index (χ3v) is 4.37. The molecule has 0 fully saturated rings. The van der Waals surface area contributed by atoms with Crippen molar-refractivity contribution in [2.45, 2.75) is 12.8 Å². The minimum Gasteiger partial charge on any atom is -0.493 e. The van der Waals surface area contributed by atoms with Gasteiger partial charge in [-0.1, -0.05) is 12.1 Å². The summed E-state index contributed by atoms with van der Waals surface area (Å²) in [4.78, 5) is 33.4. The first-order valence-electron chi connectivity index (χ1n) is 8.50. The molecule has 7 nitrogen and oxygen atoms in total. The molecule has 0 atom stereocenters. The number of H-pyrrole nitrogens is 1. The molecule has 0 bridgehead atoms. The maximum atomic E-state index is 12.6. The number of carbonyl (C=O) groups excluding carboxylic acids is 1. The topological polar surface area (TPSA) is 84.5 Å². The lowest BCUT2D eigenvalue weighted by Crippen LogP contribution is -2.27. The zero-order chi connectivity index (χ0) is 19.4. The number of aromatic amines is 1. The summed E-state index contributed by atoms with van der Waals surface area (Å²) in [6, 6.07) is 12.6. The SMILES string of the molecule is COc1ccc(N(C)C(=O)CCc2nc3ccccc3[nH]c2=O)cc1OC. The molecule has 1 aromatic heterocycles. The summed E-state index contributed by atoms with van der Waals surface area (Å²) in [6.45, 7) is 0. The molecule has 0 aliphatic heterocycles. The molecular weight excluding hydrogens is 346 g/mol. The highest BCUT2D eigenvalue weighted by molar-refractivity contribution is 5.93. The van der Waals surface area contributed by atoms with Gasteiger partial charge in [0.15, 0.2) is 11.5 Å². The summed E-state index contributed by atoms with van der Waals surface area (Å²) in [5.41, 5.74) is 2.14. The van der Waals surface area contributed by atoms with Crippen molar-refractivity contribution in [2.24, 2.45) is 0 Å². The van der Waals surface area contributed by atoms with Gasteiger partial charge in [0.25, 0.3) is 5.56 Å². The summed E-state index contributed by atoms with van der Waals surface area (Å²) in [7, 11) is 4.78. The van der Waals surface area contributed by atoms with Gasteiger partial charge < -0.3 is 19.4 Å². The van der Waals surface area contributed by atoms with Crippen LogP contribution in [0, 0.1) is 0 Å². The number of aromatic nitrogens is 2. The van der Waals surface area contributed by atoms with Gasteiger partial charge in [0.1, 0.15) is 5.69 Å². The fraction of sp³-hybridized carbons (Fsp3) is 0.250. The van der Waals surface area contributed by atoms with E-state index >= 15 is 0 Å². The monoisotopic (exact) mass is 367 g/mol. The van der Waals surface area contributed by atoms with Crippen LogP contribution in [0.1, 0.15) is 12.1 Å². The molecule has 0 aliphatic carbocycles. The average Bonchev–Trinajstić information content (AvgIpc) is 2.70. The van der Waals surface area contributed by atoms with Gasteiger partial charge in [-0.3, -0.25) is 9.59 Å². The summed E-state index contributed by atoms with van der Waals surface area (Å²) in [6.07, 6.45) is 0.426. The lowest BCUT2D eigenvalue weighted by Gasteiger charge is -2.19. The molecule has 1 amide bonds. The molecule has 0 spiro atoms. The predicted molar refractivity (Wildman–Crippen MR) is 104 cm³/mol. The lowest BCUT2D eigenvalue weighted by molar-refractivity contribution is -0.118. The number of para-hydroxylation sites is 2. The normalized spacial score (nSPS) is 10.6. The number of nitrogens with one attached hydrogen (secondary N) is 1. The van der Waals surface area contributed by atoms with Gasteiger partial charge in [-0.2, -0.15) is 0 Å². The highest BCUT2D eigenvalue weighted by Crippen LogP contribution is 2.31. The van der Waals surface area contributed by atoms with Gasteiger partial charge in [0, 0.05) is 31.6 Å². The molecule has 27 heavy (non-hydrogen) atoms. The van der Waals surface area contributed by atoms with Crippen LogP contribution in [0.5, 0.6) is 11.5 Å². The minimum atomic E-state index is -0.268. The van der Waals surface area contributed by atoms with E-state index in [0.717, 1.165) is 0 Å². The Balaban J connectivity index is 1.74. The first-order valence-corrected chi connectivity index (χ1v) is 8.50. The second-order valence-corrected chi connectivity index (χ2v) is 6.02. The molecule has 1 heterocycles. The van der Waals surface area contributed by atoms with Gasteiger partial charge >= 0.3 is 0 Å². The van der Waals surface area contributed by atoms with Crippen LogP contribution in [0.25, 0.3) is 11.0 Å². The van der Waals surface area contributed by atoms with Crippen LogP contribution in [-0.2, 0) is 11.2 Å². The van der Waals surface area contributed by atoms with Crippen molar-refractivity contribution in [1.29, 1.82) is 0 Å². The van der Waals surface area contributed by atoms with Crippen LogP contribution in [0.15, 0.2) is 47.3 Å². The quantitative estimate of drug-likeness (QED) is 0.724.